The van der Waals surface area contributed by atoms with Crippen LogP contribution in [0.3, 0.4) is 0 Å². The second-order valence-electron chi connectivity index (χ2n) is 7.81. The van der Waals surface area contributed by atoms with Crippen LogP contribution in [-0.4, -0.2) is 64.0 Å². The zero-order valence-electron chi connectivity index (χ0n) is 17.4. The van der Waals surface area contributed by atoms with Gasteiger partial charge < -0.3 is 19.7 Å². The molecule has 1 aromatic rings. The van der Waals surface area contributed by atoms with E-state index in [9.17, 15) is 4.39 Å². The molecule has 2 rings (SSSR count). The van der Waals surface area contributed by atoms with Crippen LogP contribution in [0, 0.1) is 5.82 Å². The minimum atomic E-state index is -0.319. The minimum absolute atomic E-state index is 0.260. The maximum absolute atomic E-state index is 13.4. The first kappa shape index (κ1) is 22.9. The largest absolute Gasteiger partial charge is 0.385 e. The van der Waals surface area contributed by atoms with Crippen molar-refractivity contribution in [3.8, 4) is 0 Å². The number of likely N-dealkylation sites (tertiary alicyclic amines) is 1. The van der Waals surface area contributed by atoms with Crippen molar-refractivity contribution in [2.24, 2.45) is 4.99 Å². The third-order valence-electron chi connectivity index (χ3n) is 5.15. The van der Waals surface area contributed by atoms with Crippen LogP contribution in [0.15, 0.2) is 23.2 Å². The maximum atomic E-state index is 13.4. The lowest BCUT2D eigenvalue weighted by atomic mass is 9.84. The summed E-state index contributed by atoms with van der Waals surface area (Å²) in [6, 6.07) is 4.58. The summed E-state index contributed by atoms with van der Waals surface area (Å²) in [5, 5.41) is 3.91. The Kier molecular flexibility index (Phi) is 8.99. The topological polar surface area (TPSA) is 46.1 Å². The molecule has 7 heteroatoms. The van der Waals surface area contributed by atoms with Crippen LogP contribution in [-0.2, 0) is 14.9 Å². The average molecular weight is 414 g/mol. The predicted octanol–water partition coefficient (Wildman–Crippen LogP) is 3.85. The van der Waals surface area contributed by atoms with Crippen LogP contribution in [0.4, 0.5) is 4.39 Å². The van der Waals surface area contributed by atoms with Crippen molar-refractivity contribution < 1.29 is 13.9 Å². The van der Waals surface area contributed by atoms with Crippen molar-refractivity contribution in [2.75, 3.05) is 47.0 Å². The van der Waals surface area contributed by atoms with Gasteiger partial charge >= 0.3 is 0 Å². The Hall–Kier alpha value is -1.37. The molecule has 1 saturated heterocycles. The van der Waals surface area contributed by atoms with Gasteiger partial charge in [-0.2, -0.15) is 0 Å². The lowest BCUT2D eigenvalue weighted by Crippen LogP contribution is -2.49. The number of nitrogens with one attached hydrogen (secondary N) is 1. The summed E-state index contributed by atoms with van der Waals surface area (Å²) in [5.41, 5.74) is 0.658. The number of guanidine groups is 1. The third-order valence-corrected chi connectivity index (χ3v) is 5.46. The summed E-state index contributed by atoms with van der Waals surface area (Å²) in [6.07, 6.45) is 3.21. The Morgan fingerprint density at radius 1 is 1.32 bits per heavy atom. The highest BCUT2D eigenvalue weighted by Crippen LogP contribution is 2.30. The second-order valence-corrected chi connectivity index (χ2v) is 8.22. The lowest BCUT2D eigenvalue weighted by molar-refractivity contribution is 0.00987. The molecule has 0 unspecified atom stereocenters. The lowest BCUT2D eigenvalue weighted by Gasteiger charge is -2.36. The summed E-state index contributed by atoms with van der Waals surface area (Å²) in [4.78, 5) is 6.70. The van der Waals surface area contributed by atoms with E-state index < -0.39 is 0 Å². The Bertz CT molecular complexity index is 647. The summed E-state index contributed by atoms with van der Waals surface area (Å²) in [5.74, 6) is 0.560. The summed E-state index contributed by atoms with van der Waals surface area (Å²) < 4.78 is 24.3. The van der Waals surface area contributed by atoms with Gasteiger partial charge in [-0.1, -0.05) is 31.5 Å². The number of aliphatic imine (C=N–C) groups is 1. The quantitative estimate of drug-likeness (QED) is 0.399. The van der Waals surface area contributed by atoms with Crippen molar-refractivity contribution in [3.63, 3.8) is 0 Å². The van der Waals surface area contributed by atoms with E-state index in [-0.39, 0.29) is 11.2 Å². The van der Waals surface area contributed by atoms with Gasteiger partial charge in [-0.05, 0) is 37.0 Å². The van der Waals surface area contributed by atoms with E-state index in [2.05, 4.69) is 29.1 Å². The number of benzene rings is 1. The predicted molar refractivity (Wildman–Crippen MR) is 113 cm³/mol. The highest BCUT2D eigenvalue weighted by molar-refractivity contribution is 6.31. The standard InChI is InChI=1S/C21H33ClFN3O2/c1-21(2,18-7-6-16(23)14-19(18)22)15-25-20(24-3)26-10-8-17(9-11-26)28-13-5-12-27-4/h6-7,14,17H,5,8-13,15H2,1-4H3,(H,24,25). The van der Waals surface area contributed by atoms with Crippen molar-refractivity contribution in [2.45, 2.75) is 44.6 Å². The summed E-state index contributed by atoms with van der Waals surface area (Å²) in [7, 11) is 3.51. The molecule has 1 aliphatic rings. The van der Waals surface area contributed by atoms with Crippen LogP contribution in [0.1, 0.15) is 38.7 Å². The van der Waals surface area contributed by atoms with Crippen LogP contribution < -0.4 is 5.32 Å². The zero-order valence-corrected chi connectivity index (χ0v) is 18.2. The maximum Gasteiger partial charge on any atom is 0.193 e. The summed E-state index contributed by atoms with van der Waals surface area (Å²) >= 11 is 6.26. The van der Waals surface area contributed by atoms with Gasteiger partial charge in [-0.25, -0.2) is 4.39 Å². The van der Waals surface area contributed by atoms with Gasteiger partial charge in [0.2, 0.25) is 0 Å². The number of rotatable bonds is 8. The molecule has 5 nitrogen and oxygen atoms in total. The van der Waals surface area contributed by atoms with E-state index in [4.69, 9.17) is 21.1 Å². The Morgan fingerprint density at radius 2 is 2.04 bits per heavy atom. The van der Waals surface area contributed by atoms with Gasteiger partial charge in [-0.15, -0.1) is 0 Å². The number of hydrogen-bond acceptors (Lipinski definition) is 3. The van der Waals surface area contributed by atoms with Crippen molar-refractivity contribution >= 4 is 17.6 Å². The van der Waals surface area contributed by atoms with Crippen molar-refractivity contribution in [1.82, 2.24) is 10.2 Å². The summed E-state index contributed by atoms with van der Waals surface area (Å²) in [6.45, 7) is 8.14. The SMILES string of the molecule is CN=C(NCC(C)(C)c1ccc(F)cc1Cl)N1CCC(OCCCOC)CC1. The molecular formula is C21H33ClFN3O2. The van der Waals surface area contributed by atoms with E-state index in [1.807, 2.05) is 0 Å². The first-order valence-electron chi connectivity index (χ1n) is 9.89. The van der Waals surface area contributed by atoms with Gasteiger partial charge in [-0.3, -0.25) is 4.99 Å². The molecule has 0 atom stereocenters. The van der Waals surface area contributed by atoms with E-state index in [1.165, 1.54) is 12.1 Å². The molecule has 28 heavy (non-hydrogen) atoms. The molecule has 0 aliphatic carbocycles. The molecule has 1 fully saturated rings. The van der Waals surface area contributed by atoms with E-state index >= 15 is 0 Å². The van der Waals surface area contributed by atoms with Gasteiger partial charge in [0, 0.05) is 57.4 Å². The fourth-order valence-corrected chi connectivity index (χ4v) is 3.88. The molecule has 0 radical (unpaired) electrons. The Labute approximate surface area is 173 Å². The molecule has 0 amide bonds. The van der Waals surface area contributed by atoms with Gasteiger partial charge in [0.05, 0.1) is 6.10 Å². The minimum Gasteiger partial charge on any atom is -0.385 e. The molecule has 0 aromatic heterocycles. The van der Waals surface area contributed by atoms with Gasteiger partial charge in [0.15, 0.2) is 5.96 Å². The molecule has 1 aliphatic heterocycles. The number of ether oxygens (including phenoxy) is 2. The fourth-order valence-electron chi connectivity index (χ4n) is 3.45. The fraction of sp³-hybridized carbons (Fsp3) is 0.667. The number of piperidine rings is 1. The third kappa shape index (κ3) is 6.61. The molecule has 158 valence electrons. The smallest absolute Gasteiger partial charge is 0.193 e. The molecule has 1 heterocycles. The van der Waals surface area contributed by atoms with E-state index in [1.54, 1.807) is 20.2 Å². The van der Waals surface area contributed by atoms with Gasteiger partial charge in [0.1, 0.15) is 5.82 Å². The number of halogens is 2. The van der Waals surface area contributed by atoms with Crippen LogP contribution >= 0.6 is 11.6 Å². The number of hydrogen-bond donors (Lipinski definition) is 1. The van der Waals surface area contributed by atoms with E-state index in [0.717, 1.165) is 57.1 Å². The van der Waals surface area contributed by atoms with Crippen LogP contribution in [0.25, 0.3) is 0 Å². The molecule has 1 aromatic carbocycles. The highest BCUT2D eigenvalue weighted by atomic mass is 35.5. The molecule has 1 N–H and O–H groups in total. The number of methoxy groups -OCH3 is 1. The Morgan fingerprint density at radius 3 is 2.64 bits per heavy atom. The van der Waals surface area contributed by atoms with Crippen molar-refractivity contribution in [1.29, 1.82) is 0 Å². The van der Waals surface area contributed by atoms with E-state index in [0.29, 0.717) is 17.7 Å². The second kappa shape index (κ2) is 11.0. The van der Waals surface area contributed by atoms with Crippen molar-refractivity contribution in [3.05, 3.63) is 34.6 Å². The number of nitrogens with zero attached hydrogens (tertiary/aromatic N) is 2. The molecule has 0 bridgehead atoms. The Balaban J connectivity index is 1.84. The molecule has 0 saturated carbocycles. The first-order chi connectivity index (χ1) is 13.4. The van der Waals surface area contributed by atoms with Crippen LogP contribution in [0.2, 0.25) is 5.02 Å². The average Bonchev–Trinajstić information content (AvgIpc) is 2.66. The van der Waals surface area contributed by atoms with Gasteiger partial charge in [0.25, 0.3) is 0 Å². The molecular weight excluding hydrogens is 381 g/mol. The van der Waals surface area contributed by atoms with Crippen LogP contribution in [0.5, 0.6) is 0 Å². The normalized spacial score (nSPS) is 16.5. The highest BCUT2D eigenvalue weighted by Gasteiger charge is 2.26. The monoisotopic (exact) mass is 413 g/mol. The zero-order chi connectivity index (χ0) is 20.6. The first-order valence-corrected chi connectivity index (χ1v) is 10.3. The molecule has 0 spiro atoms.